The Kier molecular flexibility index (Phi) is 7.92. The number of ether oxygens (including phenoxy) is 1. The lowest BCUT2D eigenvalue weighted by molar-refractivity contribution is 0.380. The van der Waals surface area contributed by atoms with Crippen LogP contribution in [0.1, 0.15) is 71.5 Å². The molecule has 0 saturated heterocycles. The molecule has 3 aromatic carbocycles. The fourth-order valence-corrected chi connectivity index (χ4v) is 5.39. The van der Waals surface area contributed by atoms with Crippen LogP contribution in [0.15, 0.2) is 67.2 Å². The number of hydrogen-bond donors (Lipinski definition) is 2. The highest BCUT2D eigenvalue weighted by Gasteiger charge is 2.28. The van der Waals surface area contributed by atoms with E-state index in [9.17, 15) is 9.50 Å². The first-order chi connectivity index (χ1) is 16.9. The van der Waals surface area contributed by atoms with Gasteiger partial charge in [-0.1, -0.05) is 49.0 Å². The molecule has 2 N–H and O–H groups in total. The third-order valence-corrected chi connectivity index (χ3v) is 7.40. The average Bonchev–Trinajstić information content (AvgIpc) is 2.86. The predicted molar refractivity (Wildman–Crippen MR) is 142 cm³/mol. The van der Waals surface area contributed by atoms with E-state index in [2.05, 4.69) is 61.3 Å². The van der Waals surface area contributed by atoms with Gasteiger partial charge in [0.2, 0.25) is 0 Å². The van der Waals surface area contributed by atoms with Crippen molar-refractivity contribution in [3.63, 3.8) is 0 Å². The van der Waals surface area contributed by atoms with E-state index >= 15 is 0 Å². The minimum Gasteiger partial charge on any atom is -0.508 e. The van der Waals surface area contributed by atoms with Crippen molar-refractivity contribution >= 4 is 5.76 Å². The zero-order valence-electron chi connectivity index (χ0n) is 21.0. The third kappa shape index (κ3) is 5.76. The Bertz CT molecular complexity index is 1190. The molecule has 3 aromatic rings. The summed E-state index contributed by atoms with van der Waals surface area (Å²) in [6.07, 6.45) is 4.42. The molecule has 0 aliphatic heterocycles. The lowest BCUT2D eigenvalue weighted by Crippen LogP contribution is -2.23. The van der Waals surface area contributed by atoms with Gasteiger partial charge >= 0.3 is 0 Å². The highest BCUT2D eigenvalue weighted by molar-refractivity contribution is 5.61. The molecule has 0 fully saturated rings. The van der Waals surface area contributed by atoms with Crippen molar-refractivity contribution in [2.24, 2.45) is 5.92 Å². The van der Waals surface area contributed by atoms with E-state index in [1.165, 1.54) is 29.9 Å². The second-order valence-corrected chi connectivity index (χ2v) is 9.79. The van der Waals surface area contributed by atoms with Gasteiger partial charge in [-0.3, -0.25) is 0 Å². The summed E-state index contributed by atoms with van der Waals surface area (Å²) < 4.78 is 18.8. The Morgan fingerprint density at radius 1 is 1.17 bits per heavy atom. The molecule has 35 heavy (non-hydrogen) atoms. The number of rotatable bonds is 9. The zero-order chi connectivity index (χ0) is 24.9. The van der Waals surface area contributed by atoms with Crippen LogP contribution in [-0.4, -0.2) is 18.8 Å². The number of halogens is 1. The number of aryl methyl sites for hydroxylation is 1. The third-order valence-electron chi connectivity index (χ3n) is 7.40. The highest BCUT2D eigenvalue weighted by Crippen LogP contribution is 2.41. The predicted octanol–water partition coefficient (Wildman–Crippen LogP) is 7.50. The molecule has 0 bridgehead atoms. The maximum absolute atomic E-state index is 13.7. The number of benzene rings is 3. The Hall–Kier alpha value is -3.11. The van der Waals surface area contributed by atoms with Crippen molar-refractivity contribution in [1.29, 1.82) is 0 Å². The van der Waals surface area contributed by atoms with Crippen LogP contribution in [0.25, 0.3) is 5.76 Å². The number of methoxy groups -OCH3 is 1. The Morgan fingerprint density at radius 3 is 2.74 bits per heavy atom. The number of hydrogen-bond acceptors (Lipinski definition) is 3. The van der Waals surface area contributed by atoms with Crippen LogP contribution in [0.5, 0.6) is 5.75 Å². The number of fused-ring (bicyclic) bond motifs is 1. The Labute approximate surface area is 208 Å². The molecule has 3 atom stereocenters. The minimum atomic E-state index is -0.334. The molecule has 0 aromatic heterocycles. The van der Waals surface area contributed by atoms with Crippen LogP contribution in [0, 0.1) is 18.7 Å². The molecule has 184 valence electrons. The quantitative estimate of drug-likeness (QED) is 0.250. The summed E-state index contributed by atoms with van der Waals surface area (Å²) in [6.45, 7) is 8.77. The second-order valence-electron chi connectivity index (χ2n) is 9.79. The lowest BCUT2D eigenvalue weighted by atomic mass is 9.72. The maximum Gasteiger partial charge on any atom is 0.165 e. The van der Waals surface area contributed by atoms with Gasteiger partial charge in [0.05, 0.1) is 7.11 Å². The van der Waals surface area contributed by atoms with Crippen LogP contribution < -0.4 is 10.1 Å². The first kappa shape index (κ1) is 25.0. The van der Waals surface area contributed by atoms with Crippen molar-refractivity contribution in [2.45, 2.75) is 51.5 Å². The molecule has 1 aliphatic carbocycles. The Balaban J connectivity index is 1.41. The first-order valence-electron chi connectivity index (χ1n) is 12.5. The van der Waals surface area contributed by atoms with Gasteiger partial charge in [-0.25, -0.2) is 4.39 Å². The molecule has 0 amide bonds. The van der Waals surface area contributed by atoms with E-state index in [0.717, 1.165) is 48.9 Å². The number of nitrogens with one attached hydrogen (secondary N) is 1. The van der Waals surface area contributed by atoms with Gasteiger partial charge in [0.25, 0.3) is 0 Å². The van der Waals surface area contributed by atoms with E-state index in [-0.39, 0.29) is 23.4 Å². The van der Waals surface area contributed by atoms with Crippen molar-refractivity contribution < 1.29 is 14.2 Å². The molecule has 0 saturated carbocycles. The fraction of sp³-hybridized carbons (Fsp3) is 0.355. The van der Waals surface area contributed by atoms with Crippen molar-refractivity contribution in [3.05, 3.63) is 106 Å². The van der Waals surface area contributed by atoms with Crippen LogP contribution in [-0.2, 0) is 6.42 Å². The van der Waals surface area contributed by atoms with Gasteiger partial charge in [-0.05, 0) is 98.0 Å². The normalized spacial score (nSPS) is 18.1. The molecular weight excluding hydrogens is 437 g/mol. The van der Waals surface area contributed by atoms with E-state index in [4.69, 9.17) is 4.74 Å². The first-order valence-corrected chi connectivity index (χ1v) is 12.5. The highest BCUT2D eigenvalue weighted by atomic mass is 19.1. The van der Waals surface area contributed by atoms with Crippen LogP contribution in [0.3, 0.4) is 0 Å². The van der Waals surface area contributed by atoms with Crippen molar-refractivity contribution in [1.82, 2.24) is 5.32 Å². The van der Waals surface area contributed by atoms with Crippen LogP contribution in [0.2, 0.25) is 0 Å². The molecule has 0 radical (unpaired) electrons. The minimum absolute atomic E-state index is 0.127. The maximum atomic E-state index is 13.7. The van der Waals surface area contributed by atoms with Crippen molar-refractivity contribution in [3.8, 4) is 5.75 Å². The van der Waals surface area contributed by atoms with Gasteiger partial charge in [0.1, 0.15) is 5.76 Å². The zero-order valence-corrected chi connectivity index (χ0v) is 21.0. The molecule has 4 rings (SSSR count). The largest absolute Gasteiger partial charge is 0.508 e. The van der Waals surface area contributed by atoms with E-state index in [0.29, 0.717) is 11.8 Å². The van der Waals surface area contributed by atoms with Crippen LogP contribution >= 0.6 is 0 Å². The molecule has 0 heterocycles. The van der Waals surface area contributed by atoms with Gasteiger partial charge in [-0.2, -0.15) is 0 Å². The number of aliphatic hydroxyl groups excluding tert-OH is 1. The summed E-state index contributed by atoms with van der Waals surface area (Å²) >= 11 is 0. The van der Waals surface area contributed by atoms with Gasteiger partial charge in [-0.15, -0.1) is 0 Å². The molecular formula is C31H36FNO2. The summed E-state index contributed by atoms with van der Waals surface area (Å²) in [6, 6.07) is 20.4. The summed E-state index contributed by atoms with van der Waals surface area (Å²) in [5, 5.41) is 13.6. The average molecular weight is 474 g/mol. The monoisotopic (exact) mass is 473 g/mol. The van der Waals surface area contributed by atoms with E-state index < -0.39 is 0 Å². The van der Waals surface area contributed by atoms with Gasteiger partial charge < -0.3 is 15.2 Å². The molecule has 3 nitrogen and oxygen atoms in total. The standard InChI is InChI=1S/C31H36FNO2/c1-20-11-12-26(18-28(20)22(3)34)29-17-23(16-25-9-5-6-10-27(25)29)8-7-15-33-21(2)24-13-14-30(32)31(19-24)35-4/h5-6,9-14,18-19,21,23,29,33-34H,3,7-8,15-17H2,1-2,4H3/t21-,23-,29?/m1/s1. The lowest BCUT2D eigenvalue weighted by Gasteiger charge is -2.32. The summed E-state index contributed by atoms with van der Waals surface area (Å²) in [4.78, 5) is 0. The van der Waals surface area contributed by atoms with E-state index in [1.54, 1.807) is 6.07 Å². The van der Waals surface area contributed by atoms with Crippen molar-refractivity contribution in [2.75, 3.05) is 13.7 Å². The summed E-state index contributed by atoms with van der Waals surface area (Å²) in [5.74, 6) is 0.998. The molecule has 4 heteroatoms. The summed E-state index contributed by atoms with van der Waals surface area (Å²) in [7, 11) is 1.49. The topological polar surface area (TPSA) is 41.5 Å². The molecule has 1 unspecified atom stereocenters. The SMILES string of the molecule is C=C(O)c1cc(C2C[C@H](CCCN[C@H](C)c3ccc(F)c(OC)c3)Cc3ccccc32)ccc1C. The Morgan fingerprint density at radius 2 is 1.97 bits per heavy atom. The number of aliphatic hydroxyl groups is 1. The molecule has 0 spiro atoms. The second kappa shape index (κ2) is 11.1. The van der Waals surface area contributed by atoms with Gasteiger partial charge in [0, 0.05) is 17.5 Å². The summed E-state index contributed by atoms with van der Waals surface area (Å²) in [5.41, 5.74) is 6.97. The van der Waals surface area contributed by atoms with E-state index in [1.807, 2.05) is 13.0 Å². The van der Waals surface area contributed by atoms with Gasteiger partial charge in [0.15, 0.2) is 11.6 Å². The smallest absolute Gasteiger partial charge is 0.165 e. The van der Waals surface area contributed by atoms with Crippen LogP contribution in [0.4, 0.5) is 4.39 Å². The fourth-order valence-electron chi connectivity index (χ4n) is 5.39. The molecule has 1 aliphatic rings.